The molecule has 0 fully saturated rings. The van der Waals surface area contributed by atoms with Gasteiger partial charge in [0.15, 0.2) is 11.5 Å². The minimum atomic E-state index is -0.714. The molecule has 7 nitrogen and oxygen atoms in total. The van der Waals surface area contributed by atoms with Crippen LogP contribution in [0.2, 0.25) is 10.0 Å². The van der Waals surface area contributed by atoms with Crippen LogP contribution in [0.1, 0.15) is 36.5 Å². The molecule has 0 aliphatic heterocycles. The number of pyridine rings is 1. The minimum Gasteiger partial charge on any atom is -0.347 e. The van der Waals surface area contributed by atoms with Crippen molar-refractivity contribution in [1.29, 1.82) is 0 Å². The van der Waals surface area contributed by atoms with Crippen molar-refractivity contribution in [2.45, 2.75) is 32.9 Å². The summed E-state index contributed by atoms with van der Waals surface area (Å²) >= 11 is 12.0. The Bertz CT molecular complexity index is 1030. The molecule has 0 radical (unpaired) electrons. The van der Waals surface area contributed by atoms with Gasteiger partial charge in [-0.1, -0.05) is 43.1 Å². The fraction of sp³-hybridized carbons (Fsp3) is 0.300. The lowest BCUT2D eigenvalue weighted by Gasteiger charge is -2.20. The largest absolute Gasteiger partial charge is 0.347 e. The molecule has 0 aliphatic rings. The number of nitrogens with one attached hydrogen (secondary N) is 2. The van der Waals surface area contributed by atoms with Crippen LogP contribution < -0.4 is 10.6 Å². The third-order valence-electron chi connectivity index (χ3n) is 4.31. The van der Waals surface area contributed by atoms with Crippen LogP contribution in [0.3, 0.4) is 0 Å². The van der Waals surface area contributed by atoms with Crippen molar-refractivity contribution in [2.24, 2.45) is 5.92 Å². The van der Waals surface area contributed by atoms with Gasteiger partial charge in [-0.15, -0.1) is 10.2 Å². The Morgan fingerprint density at radius 2 is 1.93 bits per heavy atom. The van der Waals surface area contributed by atoms with Gasteiger partial charge in [-0.05, 0) is 42.7 Å². The Kier molecular flexibility index (Phi) is 6.71. The van der Waals surface area contributed by atoms with E-state index in [0.717, 1.165) is 0 Å². The minimum absolute atomic E-state index is 0.191. The first-order chi connectivity index (χ1) is 13.8. The number of halogens is 2. The van der Waals surface area contributed by atoms with E-state index in [9.17, 15) is 9.59 Å². The highest BCUT2D eigenvalue weighted by atomic mass is 35.5. The van der Waals surface area contributed by atoms with Crippen LogP contribution in [-0.2, 0) is 11.3 Å². The number of amides is 2. The lowest BCUT2D eigenvalue weighted by atomic mass is 10.0. The van der Waals surface area contributed by atoms with Gasteiger partial charge in [-0.3, -0.25) is 14.0 Å². The van der Waals surface area contributed by atoms with E-state index >= 15 is 0 Å². The molecule has 2 N–H and O–H groups in total. The molecule has 0 saturated carbocycles. The SMILES string of the molecule is CC(C)CC(NC(=O)c1ccc(Cl)cc1Cl)C(=O)NCc1nnc2ccccn12. The number of aromatic nitrogens is 3. The van der Waals surface area contributed by atoms with Crippen molar-refractivity contribution in [3.05, 3.63) is 64.0 Å². The molecule has 1 atom stereocenters. The summed E-state index contributed by atoms with van der Waals surface area (Å²) in [6.07, 6.45) is 2.30. The normalized spacial score (nSPS) is 12.2. The molecule has 2 aromatic heterocycles. The average molecular weight is 434 g/mol. The van der Waals surface area contributed by atoms with E-state index in [1.807, 2.05) is 38.2 Å². The van der Waals surface area contributed by atoms with Crippen molar-refractivity contribution in [3.8, 4) is 0 Å². The molecule has 0 aliphatic carbocycles. The van der Waals surface area contributed by atoms with E-state index in [4.69, 9.17) is 23.2 Å². The summed E-state index contributed by atoms with van der Waals surface area (Å²) in [7, 11) is 0. The topological polar surface area (TPSA) is 88.4 Å². The first-order valence-corrected chi connectivity index (χ1v) is 9.93. The molecule has 9 heteroatoms. The van der Waals surface area contributed by atoms with Crippen LogP contribution in [0.5, 0.6) is 0 Å². The lowest BCUT2D eigenvalue weighted by molar-refractivity contribution is -0.123. The summed E-state index contributed by atoms with van der Waals surface area (Å²) in [6, 6.07) is 9.44. The summed E-state index contributed by atoms with van der Waals surface area (Å²) in [5.41, 5.74) is 0.960. The van der Waals surface area contributed by atoms with Crippen molar-refractivity contribution in [3.63, 3.8) is 0 Å². The molecule has 1 aromatic carbocycles. The number of benzene rings is 1. The van der Waals surface area contributed by atoms with Gasteiger partial charge in [0, 0.05) is 11.2 Å². The zero-order chi connectivity index (χ0) is 21.0. The molecule has 1 unspecified atom stereocenters. The van der Waals surface area contributed by atoms with Gasteiger partial charge in [-0.25, -0.2) is 0 Å². The Morgan fingerprint density at radius 3 is 2.66 bits per heavy atom. The van der Waals surface area contributed by atoms with Gasteiger partial charge in [0.1, 0.15) is 6.04 Å². The van der Waals surface area contributed by atoms with E-state index in [-0.39, 0.29) is 29.0 Å². The van der Waals surface area contributed by atoms with Crippen LogP contribution in [0.15, 0.2) is 42.6 Å². The quantitative estimate of drug-likeness (QED) is 0.596. The monoisotopic (exact) mass is 433 g/mol. The molecule has 2 heterocycles. The van der Waals surface area contributed by atoms with Crippen LogP contribution in [0.25, 0.3) is 5.65 Å². The van der Waals surface area contributed by atoms with Gasteiger partial charge < -0.3 is 10.6 Å². The molecule has 3 rings (SSSR count). The van der Waals surface area contributed by atoms with Crippen molar-refractivity contribution in [1.82, 2.24) is 25.2 Å². The van der Waals surface area contributed by atoms with Crippen LogP contribution >= 0.6 is 23.2 Å². The van der Waals surface area contributed by atoms with Crippen molar-refractivity contribution in [2.75, 3.05) is 0 Å². The van der Waals surface area contributed by atoms with Gasteiger partial charge in [-0.2, -0.15) is 0 Å². The summed E-state index contributed by atoms with van der Waals surface area (Å²) in [6.45, 7) is 4.15. The molecular weight excluding hydrogens is 413 g/mol. The third kappa shape index (κ3) is 5.25. The summed E-state index contributed by atoms with van der Waals surface area (Å²) in [5.74, 6) is 0.0650. The highest BCUT2D eigenvalue weighted by Gasteiger charge is 2.24. The maximum absolute atomic E-state index is 12.8. The summed E-state index contributed by atoms with van der Waals surface area (Å²) < 4.78 is 1.80. The maximum atomic E-state index is 12.8. The highest BCUT2D eigenvalue weighted by molar-refractivity contribution is 6.36. The Morgan fingerprint density at radius 1 is 1.14 bits per heavy atom. The number of carbonyl (C=O) groups excluding carboxylic acids is 2. The Hall–Kier alpha value is -2.64. The zero-order valence-corrected chi connectivity index (χ0v) is 17.5. The zero-order valence-electron chi connectivity index (χ0n) is 16.0. The van der Waals surface area contributed by atoms with Gasteiger partial charge in [0.05, 0.1) is 17.1 Å². The predicted octanol–water partition coefficient (Wildman–Crippen LogP) is 3.50. The highest BCUT2D eigenvalue weighted by Crippen LogP contribution is 2.21. The second kappa shape index (κ2) is 9.24. The van der Waals surface area contributed by atoms with Crippen molar-refractivity contribution < 1.29 is 9.59 Å². The predicted molar refractivity (Wildman–Crippen MR) is 112 cm³/mol. The van der Waals surface area contributed by atoms with Crippen LogP contribution in [0, 0.1) is 5.92 Å². The summed E-state index contributed by atoms with van der Waals surface area (Å²) in [5, 5.41) is 14.4. The van der Waals surface area contributed by atoms with E-state index < -0.39 is 11.9 Å². The molecule has 2 amide bonds. The standard InChI is InChI=1S/C20H21Cl2N5O2/c1-12(2)9-16(24-19(28)14-7-6-13(21)10-15(14)22)20(29)23-11-18-26-25-17-5-3-4-8-27(17)18/h3-8,10,12,16H,9,11H2,1-2H3,(H,23,29)(H,24,28). The second-order valence-corrected chi connectivity index (χ2v) is 7.89. The van der Waals surface area contributed by atoms with Crippen molar-refractivity contribution >= 4 is 40.7 Å². The van der Waals surface area contributed by atoms with Crippen LogP contribution in [-0.4, -0.2) is 32.5 Å². The van der Waals surface area contributed by atoms with Gasteiger partial charge >= 0.3 is 0 Å². The molecule has 3 aromatic rings. The van der Waals surface area contributed by atoms with E-state index in [1.54, 1.807) is 10.5 Å². The number of nitrogens with zero attached hydrogens (tertiary/aromatic N) is 3. The smallest absolute Gasteiger partial charge is 0.253 e. The number of rotatable bonds is 7. The molecule has 0 spiro atoms. The van der Waals surface area contributed by atoms with E-state index in [2.05, 4.69) is 20.8 Å². The first-order valence-electron chi connectivity index (χ1n) is 9.17. The fourth-order valence-electron chi connectivity index (χ4n) is 2.91. The lowest BCUT2D eigenvalue weighted by Crippen LogP contribution is -2.47. The Balaban J connectivity index is 1.70. The third-order valence-corrected chi connectivity index (χ3v) is 4.86. The second-order valence-electron chi connectivity index (χ2n) is 7.04. The Labute approximate surface area is 178 Å². The fourth-order valence-corrected chi connectivity index (χ4v) is 3.41. The maximum Gasteiger partial charge on any atom is 0.253 e. The first kappa shape index (κ1) is 21.1. The number of carbonyl (C=O) groups is 2. The number of hydrogen-bond acceptors (Lipinski definition) is 4. The average Bonchev–Trinajstić information content (AvgIpc) is 3.08. The van der Waals surface area contributed by atoms with E-state index in [1.165, 1.54) is 12.1 Å². The molecule has 0 bridgehead atoms. The molecule has 152 valence electrons. The number of fused-ring (bicyclic) bond motifs is 1. The van der Waals surface area contributed by atoms with Gasteiger partial charge in [0.2, 0.25) is 5.91 Å². The van der Waals surface area contributed by atoms with Gasteiger partial charge in [0.25, 0.3) is 5.91 Å². The molecular formula is C20H21Cl2N5O2. The molecule has 29 heavy (non-hydrogen) atoms. The number of hydrogen-bond donors (Lipinski definition) is 2. The molecule has 0 saturated heterocycles. The van der Waals surface area contributed by atoms with Crippen LogP contribution in [0.4, 0.5) is 0 Å². The van der Waals surface area contributed by atoms with E-state index in [0.29, 0.717) is 22.9 Å². The summed E-state index contributed by atoms with van der Waals surface area (Å²) in [4.78, 5) is 25.4.